The van der Waals surface area contributed by atoms with Gasteiger partial charge in [-0.2, -0.15) is 0 Å². The van der Waals surface area contributed by atoms with Gasteiger partial charge in [0.25, 0.3) is 0 Å². The fraction of sp³-hybridized carbons (Fsp3) is 0.200. The smallest absolute Gasteiger partial charge is 0.126 e. The van der Waals surface area contributed by atoms with E-state index in [2.05, 4.69) is 32.0 Å². The Balaban J connectivity index is 2.63. The lowest BCUT2D eigenvalue weighted by atomic mass is 9.96. The molecule has 0 saturated carbocycles. The third-order valence-electron chi connectivity index (χ3n) is 2.90. The topological polar surface area (TPSA) is 9.23 Å². The second-order valence-corrected chi connectivity index (χ2v) is 3.86. The van der Waals surface area contributed by atoms with Crippen LogP contribution in [-0.2, 0) is 0 Å². The Kier molecular flexibility index (Phi) is 2.95. The normalized spacial score (nSPS) is 10.2. The van der Waals surface area contributed by atoms with Gasteiger partial charge in [-0.1, -0.05) is 30.3 Å². The van der Waals surface area contributed by atoms with E-state index in [1.54, 1.807) is 7.11 Å². The van der Waals surface area contributed by atoms with Gasteiger partial charge in [0.2, 0.25) is 0 Å². The molecule has 0 saturated heterocycles. The van der Waals surface area contributed by atoms with Gasteiger partial charge in [-0.05, 0) is 42.7 Å². The van der Waals surface area contributed by atoms with Crippen LogP contribution >= 0.6 is 0 Å². The van der Waals surface area contributed by atoms with Crippen molar-refractivity contribution in [3.05, 3.63) is 53.6 Å². The molecule has 1 heteroatoms. The number of rotatable bonds is 2. The second-order valence-electron chi connectivity index (χ2n) is 3.86. The number of aryl methyl sites for hydroxylation is 1. The van der Waals surface area contributed by atoms with Gasteiger partial charge in [0.15, 0.2) is 0 Å². The van der Waals surface area contributed by atoms with Crippen LogP contribution in [-0.4, -0.2) is 7.11 Å². The minimum atomic E-state index is 0.896. The molecule has 0 unspecified atom stereocenters. The maximum absolute atomic E-state index is 5.37. The summed E-state index contributed by atoms with van der Waals surface area (Å²) in [6, 6.07) is 15.4. The summed E-state index contributed by atoms with van der Waals surface area (Å²) in [6.45, 7) is 4.23. The Morgan fingerprint density at radius 2 is 1.81 bits per heavy atom. The number of hydrogen-bond acceptors (Lipinski definition) is 1. The van der Waals surface area contributed by atoms with E-state index in [4.69, 9.17) is 4.74 Å². The lowest BCUT2D eigenvalue weighted by Crippen LogP contribution is -1.91. The Hall–Kier alpha value is -1.76. The first kappa shape index (κ1) is 10.7. The first-order valence-corrected chi connectivity index (χ1v) is 5.35. The fourth-order valence-corrected chi connectivity index (χ4v) is 1.81. The number of para-hydroxylation sites is 1. The number of hydrogen-bond donors (Lipinski definition) is 0. The first-order valence-electron chi connectivity index (χ1n) is 5.35. The van der Waals surface area contributed by atoms with Crippen molar-refractivity contribution in [2.24, 2.45) is 0 Å². The van der Waals surface area contributed by atoms with Crippen molar-refractivity contribution in [2.75, 3.05) is 7.11 Å². The van der Waals surface area contributed by atoms with Gasteiger partial charge in [0.05, 0.1) is 7.11 Å². The molecule has 0 aromatic heterocycles. The van der Waals surface area contributed by atoms with E-state index in [1.807, 2.05) is 24.3 Å². The quantitative estimate of drug-likeness (QED) is 0.734. The van der Waals surface area contributed by atoms with Crippen molar-refractivity contribution < 1.29 is 4.74 Å². The van der Waals surface area contributed by atoms with Crippen molar-refractivity contribution in [2.45, 2.75) is 13.8 Å². The lowest BCUT2D eigenvalue weighted by Gasteiger charge is -2.11. The molecular weight excluding hydrogens is 196 g/mol. The van der Waals surface area contributed by atoms with Crippen LogP contribution in [0, 0.1) is 19.9 Å². The summed E-state index contributed by atoms with van der Waals surface area (Å²) >= 11 is 0. The molecule has 0 N–H and O–H groups in total. The van der Waals surface area contributed by atoms with E-state index < -0.39 is 0 Å². The zero-order chi connectivity index (χ0) is 11.5. The van der Waals surface area contributed by atoms with Crippen molar-refractivity contribution in [1.29, 1.82) is 0 Å². The molecule has 0 aliphatic carbocycles. The van der Waals surface area contributed by atoms with Gasteiger partial charge in [0.1, 0.15) is 5.75 Å². The van der Waals surface area contributed by atoms with E-state index in [1.165, 1.54) is 11.1 Å². The molecule has 0 bridgehead atoms. The molecule has 0 atom stereocenters. The van der Waals surface area contributed by atoms with E-state index in [-0.39, 0.29) is 0 Å². The van der Waals surface area contributed by atoms with E-state index in [9.17, 15) is 0 Å². The van der Waals surface area contributed by atoms with Crippen LogP contribution in [0.15, 0.2) is 36.4 Å². The average molecular weight is 211 g/mol. The zero-order valence-electron chi connectivity index (χ0n) is 9.87. The van der Waals surface area contributed by atoms with Crippen LogP contribution in [0.5, 0.6) is 5.75 Å². The molecule has 0 aliphatic rings. The van der Waals surface area contributed by atoms with E-state index in [0.717, 1.165) is 16.9 Å². The number of benzene rings is 2. The van der Waals surface area contributed by atoms with Crippen LogP contribution in [0.2, 0.25) is 0 Å². The highest BCUT2D eigenvalue weighted by Gasteiger charge is 2.08. The summed E-state index contributed by atoms with van der Waals surface area (Å²) in [5, 5.41) is 0. The van der Waals surface area contributed by atoms with Crippen LogP contribution in [0.3, 0.4) is 0 Å². The molecule has 2 aromatic rings. The largest absolute Gasteiger partial charge is 0.496 e. The summed E-state index contributed by atoms with van der Waals surface area (Å²) in [6.07, 6.45) is 0. The summed E-state index contributed by atoms with van der Waals surface area (Å²) in [5.74, 6) is 0.896. The predicted octanol–water partition coefficient (Wildman–Crippen LogP) is 3.78. The highest BCUT2D eigenvalue weighted by atomic mass is 16.5. The molecule has 0 amide bonds. The summed E-state index contributed by atoms with van der Waals surface area (Å²) in [4.78, 5) is 0. The molecule has 0 heterocycles. The first-order chi connectivity index (χ1) is 7.74. The maximum Gasteiger partial charge on any atom is 0.126 e. The Labute approximate surface area is 96.7 Å². The van der Waals surface area contributed by atoms with Crippen LogP contribution < -0.4 is 4.74 Å². The van der Waals surface area contributed by atoms with Crippen molar-refractivity contribution in [3.63, 3.8) is 0 Å². The fourth-order valence-electron chi connectivity index (χ4n) is 1.81. The predicted molar refractivity (Wildman–Crippen MR) is 66.7 cm³/mol. The third kappa shape index (κ3) is 1.81. The van der Waals surface area contributed by atoms with Gasteiger partial charge < -0.3 is 4.74 Å². The van der Waals surface area contributed by atoms with Gasteiger partial charge >= 0.3 is 0 Å². The van der Waals surface area contributed by atoms with E-state index >= 15 is 0 Å². The van der Waals surface area contributed by atoms with Crippen LogP contribution in [0.4, 0.5) is 0 Å². The summed E-state index contributed by atoms with van der Waals surface area (Å²) in [5.41, 5.74) is 4.76. The van der Waals surface area contributed by atoms with Gasteiger partial charge in [0, 0.05) is 5.56 Å². The molecule has 1 nitrogen and oxygen atoms in total. The zero-order valence-corrected chi connectivity index (χ0v) is 9.87. The molecule has 2 aromatic carbocycles. The number of ether oxygens (including phenoxy) is 1. The Morgan fingerprint density at radius 3 is 2.56 bits per heavy atom. The van der Waals surface area contributed by atoms with Gasteiger partial charge in [-0.15, -0.1) is 0 Å². The van der Waals surface area contributed by atoms with Crippen LogP contribution in [0.25, 0.3) is 11.1 Å². The molecule has 0 aliphatic heterocycles. The molecule has 1 radical (unpaired) electrons. The Bertz CT molecular complexity index is 501. The molecule has 0 spiro atoms. The lowest BCUT2D eigenvalue weighted by molar-refractivity contribution is 0.416. The molecule has 81 valence electrons. The SMILES string of the molecule is COc1ccccc1-c1[c]ccc(C)c1C. The van der Waals surface area contributed by atoms with Crippen molar-refractivity contribution in [3.8, 4) is 16.9 Å². The maximum atomic E-state index is 5.37. The van der Waals surface area contributed by atoms with E-state index in [0.29, 0.717) is 0 Å². The average Bonchev–Trinajstić information content (AvgIpc) is 2.33. The summed E-state index contributed by atoms with van der Waals surface area (Å²) in [7, 11) is 1.70. The molecular formula is C15H15O. The summed E-state index contributed by atoms with van der Waals surface area (Å²) < 4.78 is 5.37. The second kappa shape index (κ2) is 4.40. The van der Waals surface area contributed by atoms with Crippen LogP contribution in [0.1, 0.15) is 11.1 Å². The molecule has 16 heavy (non-hydrogen) atoms. The molecule has 2 rings (SSSR count). The number of methoxy groups -OCH3 is 1. The van der Waals surface area contributed by atoms with Crippen molar-refractivity contribution in [1.82, 2.24) is 0 Å². The highest BCUT2D eigenvalue weighted by molar-refractivity contribution is 5.73. The minimum absolute atomic E-state index is 0.896. The van der Waals surface area contributed by atoms with Gasteiger partial charge in [-0.3, -0.25) is 0 Å². The standard InChI is InChI=1S/C15H15O/c1-11-7-6-9-13(12(11)2)14-8-4-5-10-15(14)16-3/h4-8,10H,1-3H3. The monoisotopic (exact) mass is 211 g/mol. The van der Waals surface area contributed by atoms with Gasteiger partial charge in [-0.25, -0.2) is 0 Å². The molecule has 0 fully saturated rings. The third-order valence-corrected chi connectivity index (χ3v) is 2.90. The highest BCUT2D eigenvalue weighted by Crippen LogP contribution is 2.32. The minimum Gasteiger partial charge on any atom is -0.496 e. The van der Waals surface area contributed by atoms with Crippen molar-refractivity contribution >= 4 is 0 Å². The Morgan fingerprint density at radius 1 is 1.06 bits per heavy atom.